The molecular weight excluding hydrogens is 703 g/mol. The Morgan fingerprint density at radius 1 is 0.351 bits per heavy atom. The molecule has 0 saturated carbocycles. The molecule has 0 aliphatic rings. The molecule has 0 aliphatic carbocycles. The van der Waals surface area contributed by atoms with Crippen molar-refractivity contribution in [3.05, 3.63) is 165 Å². The van der Waals surface area contributed by atoms with Crippen molar-refractivity contribution in [3.8, 4) is 28.2 Å². The van der Waals surface area contributed by atoms with Gasteiger partial charge in [-0.2, -0.15) is 0 Å². The smallest absolute Gasteiger partial charge is 0.0572 e. The topological polar surface area (TPSA) is 92.1 Å². The van der Waals surface area contributed by atoms with E-state index in [0.717, 1.165) is 93.6 Å². The van der Waals surface area contributed by atoms with Crippen LogP contribution in [-0.2, 0) is 0 Å². The highest BCUT2D eigenvalue weighted by Crippen LogP contribution is 2.38. The first-order chi connectivity index (χ1) is 27.2. The van der Waals surface area contributed by atoms with Gasteiger partial charge in [-0.1, -0.05) is 39.1 Å². The third-order valence-electron chi connectivity index (χ3n) is 10.3. The van der Waals surface area contributed by atoms with Gasteiger partial charge >= 0.3 is 0 Å². The Balaban J connectivity index is 0.000000727. The van der Waals surface area contributed by atoms with Crippen LogP contribution in [0.25, 0.3) is 93.6 Å². The standard InChI is InChI=1S/C42H25N9.C4H8.2CH4/c1-2-26(16-28(3-1)49-37-4-10-43-20-31(37)32-21-44-11-5-38(32)49)27-17-29(50-39-6-12-45-22-33(39)34-23-46-13-7-40(34)50)19-30(18-27)51-41-8-14-47-24-35(41)36-25-48-15-9-42(36)51;1-3-4-2;;/h1-25H;3-4H,1-2H3;2*1H4. The second-order valence-electron chi connectivity index (χ2n) is 13.3. The summed E-state index contributed by atoms with van der Waals surface area (Å²) in [7, 11) is 0. The summed E-state index contributed by atoms with van der Waals surface area (Å²) in [5.41, 5.74) is 11.7. The van der Waals surface area contributed by atoms with E-state index in [1.54, 1.807) is 0 Å². The monoisotopic (exact) mass is 743 g/mol. The molecule has 0 bridgehead atoms. The van der Waals surface area contributed by atoms with Crippen LogP contribution in [0.15, 0.2) is 165 Å². The lowest BCUT2D eigenvalue weighted by Crippen LogP contribution is -2.00. The number of fused-ring (bicyclic) bond motifs is 9. The van der Waals surface area contributed by atoms with Crippen molar-refractivity contribution in [1.29, 1.82) is 0 Å². The number of hydrogen-bond donors (Lipinski definition) is 0. The first-order valence-corrected chi connectivity index (χ1v) is 18.1. The van der Waals surface area contributed by atoms with Crippen LogP contribution in [0.4, 0.5) is 0 Å². The van der Waals surface area contributed by atoms with Crippen molar-refractivity contribution in [2.75, 3.05) is 0 Å². The van der Waals surface area contributed by atoms with E-state index in [0.29, 0.717) is 0 Å². The van der Waals surface area contributed by atoms with Crippen LogP contribution < -0.4 is 0 Å². The average Bonchev–Trinajstić information content (AvgIpc) is 3.90. The van der Waals surface area contributed by atoms with Gasteiger partial charge in [-0.25, -0.2) is 0 Å². The fourth-order valence-corrected chi connectivity index (χ4v) is 7.81. The van der Waals surface area contributed by atoms with Crippen molar-refractivity contribution in [2.45, 2.75) is 28.7 Å². The van der Waals surface area contributed by atoms with Crippen LogP contribution in [0.1, 0.15) is 28.7 Å². The second kappa shape index (κ2) is 15.0. The van der Waals surface area contributed by atoms with E-state index in [9.17, 15) is 0 Å². The number of aromatic nitrogens is 9. The lowest BCUT2D eigenvalue weighted by Gasteiger charge is -2.16. The van der Waals surface area contributed by atoms with Gasteiger partial charge in [-0.15, -0.1) is 0 Å². The van der Waals surface area contributed by atoms with Crippen molar-refractivity contribution >= 4 is 65.4 Å². The van der Waals surface area contributed by atoms with E-state index >= 15 is 0 Å². The summed E-state index contributed by atoms with van der Waals surface area (Å²) in [4.78, 5) is 26.7. The summed E-state index contributed by atoms with van der Waals surface area (Å²) in [5, 5.41) is 6.36. The molecule has 0 N–H and O–H groups in total. The molecule has 278 valence electrons. The normalized spacial score (nSPS) is 11.3. The first kappa shape index (κ1) is 36.5. The van der Waals surface area contributed by atoms with Gasteiger partial charge in [-0.05, 0) is 91.7 Å². The van der Waals surface area contributed by atoms with Crippen LogP contribution in [-0.4, -0.2) is 43.6 Å². The summed E-state index contributed by atoms with van der Waals surface area (Å²) in [6.07, 6.45) is 26.6. The summed E-state index contributed by atoms with van der Waals surface area (Å²) < 4.78 is 6.92. The van der Waals surface area contributed by atoms with Crippen molar-refractivity contribution in [2.24, 2.45) is 0 Å². The van der Waals surface area contributed by atoms with Gasteiger partial charge in [0.25, 0.3) is 0 Å². The van der Waals surface area contributed by atoms with Gasteiger partial charge in [0.15, 0.2) is 0 Å². The van der Waals surface area contributed by atoms with E-state index in [1.165, 1.54) is 0 Å². The summed E-state index contributed by atoms with van der Waals surface area (Å²) in [6.45, 7) is 4.00. The molecule has 0 radical (unpaired) electrons. The molecule has 0 fully saturated rings. The van der Waals surface area contributed by atoms with E-state index in [-0.39, 0.29) is 14.9 Å². The highest BCUT2D eigenvalue weighted by molar-refractivity contribution is 6.10. The van der Waals surface area contributed by atoms with Crippen LogP contribution in [0.3, 0.4) is 0 Å². The second-order valence-corrected chi connectivity index (χ2v) is 13.3. The van der Waals surface area contributed by atoms with Gasteiger partial charge < -0.3 is 13.7 Å². The molecule has 11 aromatic rings. The molecule has 11 rings (SSSR count). The third-order valence-corrected chi connectivity index (χ3v) is 10.3. The third kappa shape index (κ3) is 5.88. The van der Waals surface area contributed by atoms with E-state index in [1.807, 2.05) is 100 Å². The van der Waals surface area contributed by atoms with E-state index in [4.69, 9.17) is 0 Å². The molecule has 9 heterocycles. The minimum absolute atomic E-state index is 0. The highest BCUT2D eigenvalue weighted by Gasteiger charge is 2.19. The summed E-state index contributed by atoms with van der Waals surface area (Å²) in [6, 6.07) is 28.0. The van der Waals surface area contributed by atoms with Crippen molar-refractivity contribution in [3.63, 3.8) is 0 Å². The quantitative estimate of drug-likeness (QED) is 0.167. The van der Waals surface area contributed by atoms with Gasteiger partial charge in [0.05, 0.1) is 33.1 Å². The molecule has 0 atom stereocenters. The molecule has 57 heavy (non-hydrogen) atoms. The Morgan fingerprint density at radius 3 is 0.965 bits per heavy atom. The van der Waals surface area contributed by atoms with Gasteiger partial charge in [0.1, 0.15) is 0 Å². The van der Waals surface area contributed by atoms with Crippen molar-refractivity contribution < 1.29 is 0 Å². The number of nitrogens with zero attached hydrogens (tertiary/aromatic N) is 9. The van der Waals surface area contributed by atoms with Crippen LogP contribution in [0.5, 0.6) is 0 Å². The predicted octanol–water partition coefficient (Wildman–Crippen LogP) is 11.9. The zero-order valence-corrected chi connectivity index (χ0v) is 30.1. The molecular formula is C48H41N9. The molecule has 0 amide bonds. The van der Waals surface area contributed by atoms with E-state index < -0.39 is 0 Å². The molecule has 2 aromatic carbocycles. The fraction of sp³-hybridized carbons (Fsp3) is 0.0833. The minimum Gasteiger partial charge on any atom is -0.309 e. The molecule has 0 saturated heterocycles. The maximum absolute atomic E-state index is 4.47. The number of pyridine rings is 6. The molecule has 9 aromatic heterocycles. The zero-order valence-electron chi connectivity index (χ0n) is 30.1. The SMILES string of the molecule is C.C.CC=CC.c1cc(-c2cc(-n3c4ccncc4c4cnccc43)cc(-n3c4ccncc4c4cnccc43)c2)cc(-n2c3ccncc3c3cnccc32)c1. The maximum atomic E-state index is 4.47. The zero-order chi connectivity index (χ0) is 36.9. The molecule has 9 heteroatoms. The number of allylic oxidation sites excluding steroid dienone is 2. The number of benzene rings is 2. The molecule has 0 aliphatic heterocycles. The number of hydrogen-bond acceptors (Lipinski definition) is 6. The molecule has 0 unspecified atom stereocenters. The van der Waals surface area contributed by atoms with Gasteiger partial charge in [0.2, 0.25) is 0 Å². The Bertz CT molecular complexity index is 2960. The highest BCUT2D eigenvalue weighted by atomic mass is 15.0. The van der Waals surface area contributed by atoms with Crippen molar-refractivity contribution in [1.82, 2.24) is 43.6 Å². The average molecular weight is 744 g/mol. The first-order valence-electron chi connectivity index (χ1n) is 18.1. The Hall–Kier alpha value is -7.52. The number of rotatable bonds is 4. The van der Waals surface area contributed by atoms with Crippen LogP contribution >= 0.6 is 0 Å². The Morgan fingerprint density at radius 2 is 0.649 bits per heavy atom. The van der Waals surface area contributed by atoms with Crippen LogP contribution in [0.2, 0.25) is 0 Å². The van der Waals surface area contributed by atoms with E-state index in [2.05, 4.69) is 122 Å². The fourth-order valence-electron chi connectivity index (χ4n) is 7.81. The lowest BCUT2D eigenvalue weighted by molar-refractivity contribution is 1.13. The predicted molar refractivity (Wildman–Crippen MR) is 236 cm³/mol. The largest absolute Gasteiger partial charge is 0.309 e. The minimum atomic E-state index is 0. The summed E-state index contributed by atoms with van der Waals surface area (Å²) >= 11 is 0. The van der Waals surface area contributed by atoms with Crippen LogP contribution in [0, 0.1) is 0 Å². The van der Waals surface area contributed by atoms with Gasteiger partial charge in [-0.3, -0.25) is 29.9 Å². The lowest BCUT2D eigenvalue weighted by atomic mass is 10.0. The summed E-state index contributed by atoms with van der Waals surface area (Å²) in [5.74, 6) is 0. The molecule has 9 nitrogen and oxygen atoms in total. The maximum Gasteiger partial charge on any atom is 0.0572 e. The Labute approximate surface area is 330 Å². The Kier molecular flexibility index (Phi) is 9.57. The van der Waals surface area contributed by atoms with Gasteiger partial charge in [0, 0.05) is 124 Å². The molecule has 0 spiro atoms.